The van der Waals surface area contributed by atoms with Crippen LogP contribution in [0.5, 0.6) is 11.5 Å². The van der Waals surface area contributed by atoms with Crippen molar-refractivity contribution >= 4 is 12.2 Å². The van der Waals surface area contributed by atoms with Crippen LogP contribution in [0.15, 0.2) is 24.3 Å². The maximum atomic E-state index is 5.43. The summed E-state index contributed by atoms with van der Waals surface area (Å²) in [6.45, 7) is 0.365. The topological polar surface area (TPSA) is 56.4 Å². The Morgan fingerprint density at radius 2 is 2.00 bits per heavy atom. The van der Waals surface area contributed by atoms with E-state index in [1.807, 2.05) is 18.2 Å². The SMILES string of the molecule is COCc1nc(=S)cc(-c2cccc(OC)c2OC)[nH]1. The minimum Gasteiger partial charge on any atom is -0.493 e. The zero-order chi connectivity index (χ0) is 14.5. The molecule has 0 aliphatic carbocycles. The monoisotopic (exact) mass is 292 g/mol. The predicted molar refractivity (Wildman–Crippen MR) is 78.7 cm³/mol. The standard InChI is InChI=1S/C14H16N2O3S/c1-17-8-12-15-10(7-13(20)16-12)9-5-4-6-11(18-2)14(9)19-3/h4-7H,8H2,1-3H3,(H,15,16,20). The molecule has 0 fully saturated rings. The number of para-hydroxylation sites is 1. The number of methoxy groups -OCH3 is 3. The van der Waals surface area contributed by atoms with Gasteiger partial charge >= 0.3 is 0 Å². The molecule has 0 amide bonds. The number of nitrogens with one attached hydrogen (secondary N) is 1. The zero-order valence-electron chi connectivity index (χ0n) is 11.6. The van der Waals surface area contributed by atoms with Gasteiger partial charge in [0.1, 0.15) is 17.1 Å². The molecule has 2 rings (SSSR count). The van der Waals surface area contributed by atoms with E-state index in [-0.39, 0.29) is 0 Å². The van der Waals surface area contributed by atoms with Gasteiger partial charge in [0.15, 0.2) is 11.5 Å². The molecular formula is C14H16N2O3S. The molecule has 0 spiro atoms. The second-order valence-electron chi connectivity index (χ2n) is 4.05. The van der Waals surface area contributed by atoms with Crippen LogP contribution in [0.2, 0.25) is 0 Å². The van der Waals surface area contributed by atoms with Gasteiger partial charge in [-0.1, -0.05) is 18.3 Å². The molecule has 0 atom stereocenters. The summed E-state index contributed by atoms with van der Waals surface area (Å²) in [5.41, 5.74) is 1.67. The molecule has 1 aromatic carbocycles. The fourth-order valence-corrected chi connectivity index (χ4v) is 2.19. The quantitative estimate of drug-likeness (QED) is 0.859. The Labute approximate surface area is 122 Å². The van der Waals surface area contributed by atoms with Gasteiger partial charge in [-0.05, 0) is 18.2 Å². The summed E-state index contributed by atoms with van der Waals surface area (Å²) < 4.78 is 16.3. The van der Waals surface area contributed by atoms with Gasteiger partial charge in [0, 0.05) is 12.7 Å². The highest BCUT2D eigenvalue weighted by atomic mass is 32.1. The first kappa shape index (κ1) is 14.5. The number of hydrogen-bond acceptors (Lipinski definition) is 5. The van der Waals surface area contributed by atoms with E-state index in [1.54, 1.807) is 27.4 Å². The third-order valence-corrected chi connectivity index (χ3v) is 2.98. The molecule has 6 heteroatoms. The van der Waals surface area contributed by atoms with Crippen LogP contribution in [-0.2, 0) is 11.3 Å². The first-order valence-corrected chi connectivity index (χ1v) is 6.41. The van der Waals surface area contributed by atoms with E-state index in [1.165, 1.54) is 0 Å². The van der Waals surface area contributed by atoms with Crippen LogP contribution in [0.25, 0.3) is 11.3 Å². The molecule has 106 valence electrons. The maximum Gasteiger partial charge on any atom is 0.170 e. The van der Waals surface area contributed by atoms with Crippen molar-refractivity contribution in [2.24, 2.45) is 0 Å². The lowest BCUT2D eigenvalue weighted by molar-refractivity contribution is 0.177. The number of ether oxygens (including phenoxy) is 3. The first-order valence-electron chi connectivity index (χ1n) is 6.00. The van der Waals surface area contributed by atoms with Crippen molar-refractivity contribution in [3.05, 3.63) is 34.7 Å². The molecule has 0 aliphatic rings. The fraction of sp³-hybridized carbons (Fsp3) is 0.286. The van der Waals surface area contributed by atoms with Gasteiger partial charge in [0.2, 0.25) is 0 Å². The highest BCUT2D eigenvalue weighted by molar-refractivity contribution is 7.71. The van der Waals surface area contributed by atoms with Crippen LogP contribution in [0, 0.1) is 4.64 Å². The maximum absolute atomic E-state index is 5.43. The summed E-state index contributed by atoms with van der Waals surface area (Å²) >= 11 is 5.18. The lowest BCUT2D eigenvalue weighted by atomic mass is 10.1. The lowest BCUT2D eigenvalue weighted by Crippen LogP contribution is -2.00. The van der Waals surface area contributed by atoms with Gasteiger partial charge in [-0.3, -0.25) is 0 Å². The second-order valence-corrected chi connectivity index (χ2v) is 4.47. The molecule has 20 heavy (non-hydrogen) atoms. The van der Waals surface area contributed by atoms with Gasteiger partial charge in [0.25, 0.3) is 0 Å². The lowest BCUT2D eigenvalue weighted by Gasteiger charge is -2.13. The van der Waals surface area contributed by atoms with Gasteiger partial charge < -0.3 is 19.2 Å². The first-order chi connectivity index (χ1) is 9.69. The molecule has 0 aliphatic heterocycles. The van der Waals surface area contributed by atoms with Crippen LogP contribution in [0.3, 0.4) is 0 Å². The highest BCUT2D eigenvalue weighted by Gasteiger charge is 2.12. The Balaban J connectivity index is 2.59. The summed E-state index contributed by atoms with van der Waals surface area (Å²) in [4.78, 5) is 7.40. The van der Waals surface area contributed by atoms with Crippen molar-refractivity contribution in [3.8, 4) is 22.8 Å². The van der Waals surface area contributed by atoms with Crippen LogP contribution in [0.1, 0.15) is 5.82 Å². The number of hydrogen-bond donors (Lipinski definition) is 1. The zero-order valence-corrected chi connectivity index (χ0v) is 12.4. The van der Waals surface area contributed by atoms with Gasteiger partial charge in [-0.25, -0.2) is 4.98 Å². The Kier molecular flexibility index (Phi) is 4.70. The van der Waals surface area contributed by atoms with E-state index >= 15 is 0 Å². The number of rotatable bonds is 5. The van der Waals surface area contributed by atoms with Crippen molar-refractivity contribution in [1.29, 1.82) is 0 Å². The van der Waals surface area contributed by atoms with Crippen molar-refractivity contribution in [2.45, 2.75) is 6.61 Å². The Bertz CT molecular complexity index is 655. The number of nitrogens with zero attached hydrogens (tertiary/aromatic N) is 1. The molecular weight excluding hydrogens is 276 g/mol. The smallest absolute Gasteiger partial charge is 0.170 e. The van der Waals surface area contributed by atoms with Gasteiger partial charge in [-0.15, -0.1) is 0 Å². The predicted octanol–water partition coefficient (Wildman–Crippen LogP) is 2.97. The van der Waals surface area contributed by atoms with Crippen LogP contribution < -0.4 is 9.47 Å². The average molecular weight is 292 g/mol. The summed E-state index contributed by atoms with van der Waals surface area (Å²) in [6, 6.07) is 7.45. The molecule has 1 N–H and O–H groups in total. The van der Waals surface area contributed by atoms with Crippen molar-refractivity contribution in [2.75, 3.05) is 21.3 Å². The second kappa shape index (κ2) is 6.49. The van der Waals surface area contributed by atoms with Crippen molar-refractivity contribution in [1.82, 2.24) is 9.97 Å². The van der Waals surface area contributed by atoms with Gasteiger partial charge in [-0.2, -0.15) is 0 Å². The number of H-pyrrole nitrogens is 1. The van der Waals surface area contributed by atoms with E-state index in [0.29, 0.717) is 28.6 Å². The minimum atomic E-state index is 0.365. The van der Waals surface area contributed by atoms with E-state index in [9.17, 15) is 0 Å². The highest BCUT2D eigenvalue weighted by Crippen LogP contribution is 2.36. The minimum absolute atomic E-state index is 0.365. The molecule has 2 aromatic rings. The number of benzene rings is 1. The third kappa shape index (κ3) is 2.97. The van der Waals surface area contributed by atoms with Crippen LogP contribution >= 0.6 is 12.2 Å². The van der Waals surface area contributed by atoms with E-state index in [0.717, 1.165) is 11.3 Å². The Morgan fingerprint density at radius 1 is 1.20 bits per heavy atom. The Hall–Kier alpha value is -1.92. The number of aromatic nitrogens is 2. The van der Waals surface area contributed by atoms with Crippen molar-refractivity contribution in [3.63, 3.8) is 0 Å². The average Bonchev–Trinajstić information content (AvgIpc) is 2.46. The molecule has 0 bridgehead atoms. The summed E-state index contributed by atoms with van der Waals surface area (Å²) in [5, 5.41) is 0. The van der Waals surface area contributed by atoms with E-state index in [2.05, 4.69) is 9.97 Å². The summed E-state index contributed by atoms with van der Waals surface area (Å²) in [5.74, 6) is 1.98. The molecule has 1 heterocycles. The molecule has 0 saturated carbocycles. The van der Waals surface area contributed by atoms with E-state index < -0.39 is 0 Å². The van der Waals surface area contributed by atoms with E-state index in [4.69, 9.17) is 26.4 Å². The summed E-state index contributed by atoms with van der Waals surface area (Å²) in [7, 11) is 4.82. The molecule has 0 unspecified atom stereocenters. The summed E-state index contributed by atoms with van der Waals surface area (Å²) in [6.07, 6.45) is 0. The largest absolute Gasteiger partial charge is 0.493 e. The van der Waals surface area contributed by atoms with Crippen LogP contribution in [0.4, 0.5) is 0 Å². The molecule has 0 saturated heterocycles. The van der Waals surface area contributed by atoms with Crippen LogP contribution in [-0.4, -0.2) is 31.3 Å². The molecule has 0 radical (unpaired) electrons. The van der Waals surface area contributed by atoms with Gasteiger partial charge in [0.05, 0.1) is 19.9 Å². The number of aromatic amines is 1. The third-order valence-electron chi connectivity index (χ3n) is 2.77. The Morgan fingerprint density at radius 3 is 2.65 bits per heavy atom. The molecule has 5 nitrogen and oxygen atoms in total. The fourth-order valence-electron chi connectivity index (χ4n) is 1.96. The molecule has 1 aromatic heterocycles. The van der Waals surface area contributed by atoms with Crippen molar-refractivity contribution < 1.29 is 14.2 Å². The normalized spacial score (nSPS) is 10.3.